The first-order valence-corrected chi connectivity index (χ1v) is 10.7. The van der Waals surface area contributed by atoms with Crippen molar-refractivity contribution < 1.29 is 14.3 Å². The first-order chi connectivity index (χ1) is 14.3. The van der Waals surface area contributed by atoms with E-state index in [-0.39, 0.29) is 18.4 Å². The Balaban J connectivity index is 2.13. The maximum Gasteiger partial charge on any atom is 0.261 e. The number of nitrogens with zero attached hydrogens (tertiary/aromatic N) is 1. The molecule has 0 spiro atoms. The van der Waals surface area contributed by atoms with Crippen molar-refractivity contribution in [3.8, 4) is 5.75 Å². The molecule has 0 aromatic heterocycles. The third kappa shape index (κ3) is 6.77. The van der Waals surface area contributed by atoms with E-state index < -0.39 is 6.04 Å². The summed E-state index contributed by atoms with van der Waals surface area (Å²) < 4.78 is 5.80. The summed E-state index contributed by atoms with van der Waals surface area (Å²) in [6.45, 7) is 8.54. The zero-order valence-electron chi connectivity index (χ0n) is 18.2. The summed E-state index contributed by atoms with van der Waals surface area (Å²) in [6, 6.07) is 12.4. The van der Waals surface area contributed by atoms with E-state index in [0.717, 1.165) is 29.5 Å². The van der Waals surface area contributed by atoms with E-state index in [1.165, 1.54) is 0 Å². The van der Waals surface area contributed by atoms with E-state index in [4.69, 9.17) is 16.3 Å². The minimum Gasteiger partial charge on any atom is -0.483 e. The molecule has 0 heterocycles. The van der Waals surface area contributed by atoms with Crippen LogP contribution in [0.2, 0.25) is 5.02 Å². The van der Waals surface area contributed by atoms with E-state index in [1.54, 1.807) is 24.0 Å². The molecule has 0 saturated carbocycles. The van der Waals surface area contributed by atoms with E-state index in [1.807, 2.05) is 44.2 Å². The molecule has 0 saturated heterocycles. The minimum absolute atomic E-state index is 0.134. The summed E-state index contributed by atoms with van der Waals surface area (Å²) in [4.78, 5) is 27.2. The van der Waals surface area contributed by atoms with Crippen molar-refractivity contribution in [2.75, 3.05) is 13.2 Å². The molecule has 2 amide bonds. The Bertz CT molecular complexity index is 852. The van der Waals surface area contributed by atoms with Crippen molar-refractivity contribution in [3.63, 3.8) is 0 Å². The quantitative estimate of drug-likeness (QED) is 0.557. The Kier molecular flexibility index (Phi) is 9.18. The lowest BCUT2D eigenvalue weighted by Crippen LogP contribution is -2.49. The van der Waals surface area contributed by atoms with Gasteiger partial charge in [0.05, 0.1) is 0 Å². The van der Waals surface area contributed by atoms with Crippen molar-refractivity contribution >= 4 is 23.4 Å². The third-order valence-corrected chi connectivity index (χ3v) is 5.42. The van der Waals surface area contributed by atoms with E-state index in [0.29, 0.717) is 23.9 Å². The van der Waals surface area contributed by atoms with Gasteiger partial charge in [-0.2, -0.15) is 0 Å². The van der Waals surface area contributed by atoms with Crippen LogP contribution < -0.4 is 10.1 Å². The topological polar surface area (TPSA) is 58.6 Å². The molecule has 2 rings (SSSR count). The second kappa shape index (κ2) is 11.6. The first kappa shape index (κ1) is 23.7. The molecule has 0 bridgehead atoms. The monoisotopic (exact) mass is 430 g/mol. The lowest BCUT2D eigenvalue weighted by atomic mass is 10.1. The highest BCUT2D eigenvalue weighted by atomic mass is 35.5. The summed E-state index contributed by atoms with van der Waals surface area (Å²) in [5.74, 6) is 0.261. The molecular weight excluding hydrogens is 400 g/mol. The van der Waals surface area contributed by atoms with Crippen molar-refractivity contribution in [2.45, 2.75) is 53.1 Å². The number of halogens is 1. The van der Waals surface area contributed by atoms with Gasteiger partial charge in [-0.15, -0.1) is 0 Å². The van der Waals surface area contributed by atoms with E-state index >= 15 is 0 Å². The van der Waals surface area contributed by atoms with Gasteiger partial charge >= 0.3 is 0 Å². The Morgan fingerprint density at radius 1 is 1.13 bits per heavy atom. The van der Waals surface area contributed by atoms with Crippen LogP contribution in [0.3, 0.4) is 0 Å². The van der Waals surface area contributed by atoms with Crippen LogP contribution >= 0.6 is 11.6 Å². The zero-order chi connectivity index (χ0) is 22.1. The highest BCUT2D eigenvalue weighted by molar-refractivity contribution is 6.30. The molecule has 1 N–H and O–H groups in total. The van der Waals surface area contributed by atoms with Gasteiger partial charge in [-0.1, -0.05) is 49.2 Å². The van der Waals surface area contributed by atoms with Gasteiger partial charge in [-0.3, -0.25) is 9.59 Å². The smallest absolute Gasteiger partial charge is 0.261 e. The molecule has 0 aliphatic heterocycles. The number of amides is 2. The van der Waals surface area contributed by atoms with Gasteiger partial charge in [0, 0.05) is 18.1 Å². The molecule has 2 aromatic rings. The predicted molar refractivity (Wildman–Crippen MR) is 121 cm³/mol. The lowest BCUT2D eigenvalue weighted by molar-refractivity contribution is -0.142. The molecule has 1 atom stereocenters. The fourth-order valence-corrected chi connectivity index (χ4v) is 3.13. The van der Waals surface area contributed by atoms with Crippen LogP contribution in [-0.2, 0) is 16.1 Å². The fraction of sp³-hybridized carbons (Fsp3) is 0.417. The normalized spacial score (nSPS) is 11.6. The standard InChI is InChI=1S/C24H31ClN2O3/c1-5-6-14-26-24(29)19(4)27(15-20-10-12-21(25)13-11-20)23(28)16-30-22-9-7-8-17(2)18(22)3/h7-13,19H,5-6,14-16H2,1-4H3,(H,26,29)/t19-/m1/s1. The fourth-order valence-electron chi connectivity index (χ4n) is 3.01. The van der Waals surface area contributed by atoms with Gasteiger partial charge < -0.3 is 15.0 Å². The number of rotatable bonds is 10. The largest absolute Gasteiger partial charge is 0.483 e. The molecule has 162 valence electrons. The summed E-state index contributed by atoms with van der Waals surface area (Å²) in [5, 5.41) is 3.53. The highest BCUT2D eigenvalue weighted by Crippen LogP contribution is 2.21. The average Bonchev–Trinajstić information content (AvgIpc) is 2.73. The molecule has 0 radical (unpaired) electrons. The Morgan fingerprint density at radius 2 is 1.83 bits per heavy atom. The third-order valence-electron chi connectivity index (χ3n) is 5.17. The molecule has 0 aliphatic carbocycles. The van der Waals surface area contributed by atoms with E-state index in [9.17, 15) is 9.59 Å². The van der Waals surface area contributed by atoms with Crippen molar-refractivity contribution in [1.29, 1.82) is 0 Å². The number of hydrogen-bond acceptors (Lipinski definition) is 3. The highest BCUT2D eigenvalue weighted by Gasteiger charge is 2.26. The molecule has 0 aliphatic rings. The van der Waals surface area contributed by atoms with Crippen molar-refractivity contribution in [1.82, 2.24) is 10.2 Å². The summed E-state index contributed by atoms with van der Waals surface area (Å²) in [6.07, 6.45) is 1.89. The molecule has 0 fully saturated rings. The summed E-state index contributed by atoms with van der Waals surface area (Å²) in [7, 11) is 0. The maximum absolute atomic E-state index is 13.1. The van der Waals surface area contributed by atoms with Crippen molar-refractivity contribution in [2.24, 2.45) is 0 Å². The predicted octanol–water partition coefficient (Wildman–Crippen LogP) is 4.67. The van der Waals surface area contributed by atoms with Crippen LogP contribution in [0, 0.1) is 13.8 Å². The van der Waals surface area contributed by atoms with Gasteiger partial charge in [0.25, 0.3) is 5.91 Å². The first-order valence-electron chi connectivity index (χ1n) is 10.3. The summed E-state index contributed by atoms with van der Waals surface area (Å²) >= 11 is 5.98. The number of aryl methyl sites for hydroxylation is 1. The minimum atomic E-state index is -0.618. The van der Waals surface area contributed by atoms with Crippen LogP contribution in [0.1, 0.15) is 43.4 Å². The van der Waals surface area contributed by atoms with Gasteiger partial charge in [-0.25, -0.2) is 0 Å². The number of benzene rings is 2. The van der Waals surface area contributed by atoms with Crippen LogP contribution in [0.15, 0.2) is 42.5 Å². The van der Waals surface area contributed by atoms with E-state index in [2.05, 4.69) is 12.2 Å². The number of carbonyl (C=O) groups excluding carboxylic acids is 2. The number of nitrogens with one attached hydrogen (secondary N) is 1. The molecule has 5 nitrogen and oxygen atoms in total. The number of hydrogen-bond donors (Lipinski definition) is 1. The molecular formula is C24H31ClN2O3. The second-order valence-electron chi connectivity index (χ2n) is 7.46. The van der Waals surface area contributed by atoms with Crippen LogP contribution in [0.4, 0.5) is 0 Å². The Hall–Kier alpha value is -2.53. The molecule has 2 aromatic carbocycles. The molecule has 0 unspecified atom stereocenters. The van der Waals surface area contributed by atoms with Gasteiger partial charge in [0.1, 0.15) is 11.8 Å². The number of ether oxygens (including phenoxy) is 1. The number of carbonyl (C=O) groups is 2. The van der Waals surface area contributed by atoms with Gasteiger partial charge in [0.2, 0.25) is 5.91 Å². The van der Waals surface area contributed by atoms with Crippen LogP contribution in [0.5, 0.6) is 5.75 Å². The Morgan fingerprint density at radius 3 is 2.50 bits per heavy atom. The lowest BCUT2D eigenvalue weighted by Gasteiger charge is -2.29. The summed E-state index contributed by atoms with van der Waals surface area (Å²) in [5.41, 5.74) is 2.99. The molecule has 6 heteroatoms. The second-order valence-corrected chi connectivity index (χ2v) is 7.89. The maximum atomic E-state index is 13.1. The van der Waals surface area contributed by atoms with Gasteiger partial charge in [0.15, 0.2) is 6.61 Å². The van der Waals surface area contributed by atoms with Gasteiger partial charge in [-0.05, 0) is 62.1 Å². The Labute approximate surface area is 184 Å². The zero-order valence-corrected chi connectivity index (χ0v) is 19.0. The van der Waals surface area contributed by atoms with Crippen LogP contribution in [-0.4, -0.2) is 35.9 Å². The average molecular weight is 431 g/mol. The SMILES string of the molecule is CCCCNC(=O)[C@@H](C)N(Cc1ccc(Cl)cc1)C(=O)COc1cccc(C)c1C. The molecule has 30 heavy (non-hydrogen) atoms. The van der Waals surface area contributed by atoms with Crippen LogP contribution in [0.25, 0.3) is 0 Å². The van der Waals surface area contributed by atoms with Crippen molar-refractivity contribution in [3.05, 3.63) is 64.2 Å². The number of unbranched alkanes of at least 4 members (excludes halogenated alkanes) is 1.